The van der Waals surface area contributed by atoms with E-state index in [9.17, 15) is 0 Å². The molecule has 1 heteroatoms. The zero-order chi connectivity index (χ0) is 8.81. The van der Waals surface area contributed by atoms with Gasteiger partial charge in [-0.15, -0.1) is 0 Å². The maximum atomic E-state index is 4.00. The Hall–Kier alpha value is -0.850. The molecule has 0 saturated heterocycles. The maximum Gasteiger partial charge on any atom is 0.0270 e. The number of hydrogen-bond donors (Lipinski definition) is 0. The van der Waals surface area contributed by atoms with Crippen molar-refractivity contribution in [1.29, 1.82) is 0 Å². The molecule has 0 unspecified atom stereocenters. The zero-order valence-electron chi connectivity index (χ0n) is 7.96. The summed E-state index contributed by atoms with van der Waals surface area (Å²) < 4.78 is 0. The highest BCUT2D eigenvalue weighted by Crippen LogP contribution is 2.14. The van der Waals surface area contributed by atoms with E-state index in [1.165, 1.54) is 24.8 Å². The summed E-state index contributed by atoms with van der Waals surface area (Å²) in [5.41, 5.74) is 1.42. The molecule has 0 atom stereocenters. The molecule has 1 nitrogen and oxygen atoms in total. The van der Waals surface area contributed by atoms with Gasteiger partial charge in [0.25, 0.3) is 0 Å². The molecular weight excluding hydrogens is 146 g/mol. The van der Waals surface area contributed by atoms with E-state index in [0.29, 0.717) is 0 Å². The van der Waals surface area contributed by atoms with Crippen LogP contribution in [0.25, 0.3) is 0 Å². The highest BCUT2D eigenvalue weighted by atomic mass is 14.6. The largest absolute Gasteiger partial charge is 0.265 e. The second-order valence-electron chi connectivity index (χ2n) is 3.24. The van der Waals surface area contributed by atoms with E-state index >= 15 is 0 Å². The molecule has 1 aromatic rings. The van der Waals surface area contributed by atoms with Crippen molar-refractivity contribution in [1.82, 2.24) is 4.98 Å². The van der Waals surface area contributed by atoms with Gasteiger partial charge in [-0.3, -0.25) is 4.98 Å². The minimum Gasteiger partial charge on any atom is -0.265 e. The van der Waals surface area contributed by atoms with Crippen LogP contribution in [0.4, 0.5) is 0 Å². The Balaban J connectivity index is 2.51. The van der Waals surface area contributed by atoms with Crippen molar-refractivity contribution in [3.63, 3.8) is 0 Å². The van der Waals surface area contributed by atoms with Gasteiger partial charge in [0, 0.05) is 12.4 Å². The number of pyridine rings is 1. The van der Waals surface area contributed by atoms with Crippen molar-refractivity contribution in [2.45, 2.75) is 33.1 Å². The molecule has 0 aliphatic rings. The fourth-order valence-electron chi connectivity index (χ4n) is 1.43. The minimum absolute atomic E-state index is 0.840. The van der Waals surface area contributed by atoms with Crippen molar-refractivity contribution in [3.8, 4) is 0 Å². The van der Waals surface area contributed by atoms with E-state index in [4.69, 9.17) is 0 Å². The Morgan fingerprint density at radius 1 is 1.17 bits per heavy atom. The summed E-state index contributed by atoms with van der Waals surface area (Å²) in [5, 5.41) is 0. The van der Waals surface area contributed by atoms with Crippen molar-refractivity contribution < 1.29 is 0 Å². The van der Waals surface area contributed by atoms with Crippen LogP contribution < -0.4 is 0 Å². The lowest BCUT2D eigenvalue weighted by Crippen LogP contribution is -2.01. The van der Waals surface area contributed by atoms with Gasteiger partial charge in [-0.05, 0) is 30.0 Å². The van der Waals surface area contributed by atoms with Gasteiger partial charge in [-0.25, -0.2) is 0 Å². The molecule has 0 amide bonds. The summed E-state index contributed by atoms with van der Waals surface area (Å²) in [4.78, 5) is 4.00. The van der Waals surface area contributed by atoms with Crippen molar-refractivity contribution in [2.75, 3.05) is 0 Å². The summed E-state index contributed by atoms with van der Waals surface area (Å²) in [5.74, 6) is 0.840. The zero-order valence-corrected chi connectivity index (χ0v) is 7.96. The molecule has 0 saturated carbocycles. The Labute approximate surface area is 74.8 Å². The molecule has 66 valence electrons. The molecule has 0 N–H and O–H groups in total. The summed E-state index contributed by atoms with van der Waals surface area (Å²) in [6, 6.07) is 4.22. The number of nitrogens with zero attached hydrogens (tertiary/aromatic N) is 1. The molecule has 12 heavy (non-hydrogen) atoms. The number of hydrogen-bond acceptors (Lipinski definition) is 1. The molecular formula is C11H17N. The second kappa shape index (κ2) is 4.91. The third-order valence-corrected chi connectivity index (χ3v) is 2.43. The molecule has 0 fully saturated rings. The summed E-state index contributed by atoms with van der Waals surface area (Å²) in [7, 11) is 0. The van der Waals surface area contributed by atoms with Crippen LogP contribution in [0.15, 0.2) is 24.5 Å². The quantitative estimate of drug-likeness (QED) is 0.664. The average Bonchev–Trinajstić information content (AvgIpc) is 2.16. The molecule has 0 spiro atoms. The number of rotatable bonds is 4. The summed E-state index contributed by atoms with van der Waals surface area (Å²) in [6.07, 6.45) is 7.50. The maximum absolute atomic E-state index is 4.00. The van der Waals surface area contributed by atoms with Crippen molar-refractivity contribution in [2.24, 2.45) is 5.92 Å². The standard InChI is InChI=1S/C11H17N/c1-3-10(4-2)9-11-5-7-12-8-6-11/h5-8,10H,3-4,9H2,1-2H3. The van der Waals surface area contributed by atoms with Crippen LogP contribution in [-0.2, 0) is 6.42 Å². The van der Waals surface area contributed by atoms with Gasteiger partial charge in [0.15, 0.2) is 0 Å². The predicted molar refractivity (Wildman–Crippen MR) is 52.0 cm³/mol. The fourth-order valence-corrected chi connectivity index (χ4v) is 1.43. The van der Waals surface area contributed by atoms with Crippen LogP contribution in [0.5, 0.6) is 0 Å². The smallest absolute Gasteiger partial charge is 0.0270 e. The Bertz CT molecular complexity index is 202. The average molecular weight is 163 g/mol. The summed E-state index contributed by atoms with van der Waals surface area (Å²) in [6.45, 7) is 4.52. The highest BCUT2D eigenvalue weighted by molar-refractivity contribution is 5.10. The van der Waals surface area contributed by atoms with Gasteiger partial charge in [0.1, 0.15) is 0 Å². The van der Waals surface area contributed by atoms with Crippen LogP contribution >= 0.6 is 0 Å². The first-order valence-electron chi connectivity index (χ1n) is 4.75. The molecule has 1 rings (SSSR count). The van der Waals surface area contributed by atoms with Gasteiger partial charge < -0.3 is 0 Å². The third-order valence-electron chi connectivity index (χ3n) is 2.43. The lowest BCUT2D eigenvalue weighted by Gasteiger charge is -2.11. The molecule has 0 aliphatic carbocycles. The lowest BCUT2D eigenvalue weighted by molar-refractivity contribution is 0.490. The van der Waals surface area contributed by atoms with E-state index in [-0.39, 0.29) is 0 Å². The van der Waals surface area contributed by atoms with Crippen LogP contribution in [0, 0.1) is 5.92 Å². The Kier molecular flexibility index (Phi) is 3.78. The van der Waals surface area contributed by atoms with Gasteiger partial charge >= 0.3 is 0 Å². The van der Waals surface area contributed by atoms with E-state index < -0.39 is 0 Å². The molecule has 0 bridgehead atoms. The molecule has 0 aliphatic heterocycles. The topological polar surface area (TPSA) is 12.9 Å². The third kappa shape index (κ3) is 2.65. The minimum atomic E-state index is 0.840. The van der Waals surface area contributed by atoms with E-state index in [2.05, 4.69) is 31.0 Å². The second-order valence-corrected chi connectivity index (χ2v) is 3.24. The van der Waals surface area contributed by atoms with E-state index in [0.717, 1.165) is 5.92 Å². The van der Waals surface area contributed by atoms with Crippen LogP contribution in [-0.4, -0.2) is 4.98 Å². The van der Waals surface area contributed by atoms with Gasteiger partial charge in [0.2, 0.25) is 0 Å². The first kappa shape index (κ1) is 9.24. The van der Waals surface area contributed by atoms with E-state index in [1.54, 1.807) is 0 Å². The van der Waals surface area contributed by atoms with Crippen molar-refractivity contribution >= 4 is 0 Å². The van der Waals surface area contributed by atoms with Crippen LogP contribution in [0.2, 0.25) is 0 Å². The molecule has 0 radical (unpaired) electrons. The van der Waals surface area contributed by atoms with Gasteiger partial charge in [-0.2, -0.15) is 0 Å². The monoisotopic (exact) mass is 163 g/mol. The summed E-state index contributed by atoms with van der Waals surface area (Å²) >= 11 is 0. The highest BCUT2D eigenvalue weighted by Gasteiger charge is 2.03. The Morgan fingerprint density at radius 3 is 2.25 bits per heavy atom. The van der Waals surface area contributed by atoms with E-state index in [1.807, 2.05) is 12.4 Å². The van der Waals surface area contributed by atoms with Gasteiger partial charge in [-0.1, -0.05) is 26.7 Å². The molecule has 1 aromatic heterocycles. The lowest BCUT2D eigenvalue weighted by atomic mass is 9.95. The fraction of sp³-hybridized carbons (Fsp3) is 0.545. The van der Waals surface area contributed by atoms with Crippen LogP contribution in [0.3, 0.4) is 0 Å². The Morgan fingerprint density at radius 2 is 1.75 bits per heavy atom. The number of aromatic nitrogens is 1. The first-order valence-corrected chi connectivity index (χ1v) is 4.75. The predicted octanol–water partition coefficient (Wildman–Crippen LogP) is 3.06. The van der Waals surface area contributed by atoms with Gasteiger partial charge in [0.05, 0.1) is 0 Å². The SMILES string of the molecule is CCC(CC)Cc1ccncc1. The van der Waals surface area contributed by atoms with Crippen LogP contribution in [0.1, 0.15) is 32.3 Å². The first-order chi connectivity index (χ1) is 5.86. The normalized spacial score (nSPS) is 10.6. The molecule has 1 heterocycles. The molecule has 0 aromatic carbocycles. The van der Waals surface area contributed by atoms with Crippen molar-refractivity contribution in [3.05, 3.63) is 30.1 Å².